The van der Waals surface area contributed by atoms with E-state index in [1.165, 1.54) is 25.7 Å². The first-order valence-corrected chi connectivity index (χ1v) is 10.5. The van der Waals surface area contributed by atoms with Gasteiger partial charge in [0, 0.05) is 11.6 Å². The Bertz CT molecular complexity index is 709. The van der Waals surface area contributed by atoms with Gasteiger partial charge in [-0.3, -0.25) is 0 Å². The highest BCUT2D eigenvalue weighted by Crippen LogP contribution is 2.48. The van der Waals surface area contributed by atoms with E-state index in [9.17, 15) is 8.42 Å². The minimum Gasteiger partial charge on any atom is -0.200 e. The first kappa shape index (κ1) is 17.5. The molecule has 5 heteroatoms. The van der Waals surface area contributed by atoms with Crippen molar-refractivity contribution >= 4 is 15.7 Å². The number of benzene rings is 1. The lowest BCUT2D eigenvalue weighted by Gasteiger charge is -2.21. The Labute approximate surface area is 145 Å². The number of nitrogens with zero attached hydrogens (tertiary/aromatic N) is 1. The van der Waals surface area contributed by atoms with Crippen molar-refractivity contribution in [2.45, 2.75) is 63.7 Å². The Hall–Kier alpha value is -1.36. The van der Waals surface area contributed by atoms with Crippen LogP contribution in [0.1, 0.15) is 64.4 Å². The highest BCUT2D eigenvalue weighted by atomic mass is 32.2. The maximum absolute atomic E-state index is 12.4. The van der Waals surface area contributed by atoms with Crippen LogP contribution in [-0.2, 0) is 10.0 Å². The van der Waals surface area contributed by atoms with Gasteiger partial charge in [-0.15, -0.1) is 0 Å². The lowest BCUT2D eigenvalue weighted by molar-refractivity contribution is 0.413. The topological polar surface area (TPSA) is 58.5 Å². The summed E-state index contributed by atoms with van der Waals surface area (Å²) in [6.07, 6.45) is 6.11. The van der Waals surface area contributed by atoms with Crippen LogP contribution in [0.3, 0.4) is 0 Å². The molecule has 0 unspecified atom stereocenters. The van der Waals surface area contributed by atoms with Crippen LogP contribution in [-0.4, -0.2) is 14.1 Å². The van der Waals surface area contributed by atoms with Gasteiger partial charge in [-0.1, -0.05) is 32.4 Å². The van der Waals surface area contributed by atoms with Gasteiger partial charge in [0.05, 0.1) is 4.90 Å². The molecule has 0 saturated heterocycles. The SMILES string of the molecule is CC[C@@H](C)c1ccc(S(=O)(=O)N/N=C(\C)[C@@H]2C[C@@H]3CC[C@@H]2C3)cc1. The number of rotatable bonds is 6. The van der Waals surface area contributed by atoms with Crippen molar-refractivity contribution in [3.05, 3.63) is 29.8 Å². The van der Waals surface area contributed by atoms with Crippen molar-refractivity contribution in [2.75, 3.05) is 0 Å². The maximum atomic E-state index is 12.4. The molecule has 2 fully saturated rings. The standard InChI is InChI=1S/C19H28N2O2S/c1-4-13(2)16-7-9-18(10-8-16)24(22,23)21-20-14(3)19-12-15-5-6-17(19)11-15/h7-10,13,15,17,19,21H,4-6,11-12H2,1-3H3/b20-14+/t13-,15-,17-,19+/m1/s1. The van der Waals surface area contributed by atoms with E-state index in [2.05, 4.69) is 23.8 Å². The molecule has 4 nitrogen and oxygen atoms in total. The summed E-state index contributed by atoms with van der Waals surface area (Å²) >= 11 is 0. The molecule has 0 aromatic heterocycles. The first-order chi connectivity index (χ1) is 11.4. The molecule has 0 spiro atoms. The van der Waals surface area contributed by atoms with Crippen LogP contribution in [0.2, 0.25) is 0 Å². The third kappa shape index (κ3) is 3.51. The smallest absolute Gasteiger partial charge is 0.200 e. The molecule has 4 atom stereocenters. The van der Waals surface area contributed by atoms with Crippen LogP contribution < -0.4 is 4.83 Å². The molecule has 3 rings (SSSR count). The van der Waals surface area contributed by atoms with Crippen molar-refractivity contribution < 1.29 is 8.42 Å². The van der Waals surface area contributed by atoms with Crippen LogP contribution in [0.25, 0.3) is 0 Å². The minimum absolute atomic E-state index is 0.277. The monoisotopic (exact) mass is 348 g/mol. The Morgan fingerprint density at radius 1 is 1.25 bits per heavy atom. The third-order valence-electron chi connectivity index (χ3n) is 5.99. The highest BCUT2D eigenvalue weighted by Gasteiger charge is 2.40. The maximum Gasteiger partial charge on any atom is 0.276 e. The molecule has 1 aromatic carbocycles. The number of sulfonamides is 1. The van der Waals surface area contributed by atoms with E-state index in [-0.39, 0.29) is 4.90 Å². The Kier molecular flexibility index (Phi) is 5.00. The molecule has 132 valence electrons. The zero-order valence-corrected chi connectivity index (χ0v) is 15.6. The summed E-state index contributed by atoms with van der Waals surface area (Å²) in [6.45, 7) is 6.23. The number of hydrazone groups is 1. The van der Waals surface area contributed by atoms with Crippen molar-refractivity contribution in [2.24, 2.45) is 22.9 Å². The number of fused-ring (bicyclic) bond motifs is 2. The van der Waals surface area contributed by atoms with Gasteiger partial charge in [0.25, 0.3) is 10.0 Å². The van der Waals surface area contributed by atoms with E-state index in [1.807, 2.05) is 19.1 Å². The average Bonchev–Trinajstić information content (AvgIpc) is 3.22. The minimum atomic E-state index is -3.58. The van der Waals surface area contributed by atoms with E-state index in [4.69, 9.17) is 0 Å². The summed E-state index contributed by atoms with van der Waals surface area (Å²) < 4.78 is 24.9. The van der Waals surface area contributed by atoms with E-state index in [0.29, 0.717) is 17.8 Å². The van der Waals surface area contributed by atoms with Crippen LogP contribution in [0.15, 0.2) is 34.3 Å². The predicted octanol–water partition coefficient (Wildman–Crippen LogP) is 4.29. The fourth-order valence-electron chi connectivity index (χ4n) is 4.24. The van der Waals surface area contributed by atoms with Gasteiger partial charge in [-0.05, 0) is 68.1 Å². The Balaban J connectivity index is 1.68. The average molecular weight is 349 g/mol. The third-order valence-corrected chi connectivity index (χ3v) is 7.21. The molecule has 0 heterocycles. The molecule has 0 aliphatic heterocycles. The summed E-state index contributed by atoms with van der Waals surface area (Å²) in [6, 6.07) is 7.14. The fraction of sp³-hybridized carbons (Fsp3) is 0.632. The lowest BCUT2D eigenvalue weighted by atomic mass is 9.86. The van der Waals surface area contributed by atoms with Gasteiger partial charge < -0.3 is 0 Å². The van der Waals surface area contributed by atoms with Crippen LogP contribution in [0.4, 0.5) is 0 Å². The summed E-state index contributed by atoms with van der Waals surface area (Å²) in [5, 5.41) is 4.23. The first-order valence-electron chi connectivity index (χ1n) is 9.06. The van der Waals surface area contributed by atoms with E-state index in [1.54, 1.807) is 12.1 Å². The molecule has 2 aliphatic rings. The fourth-order valence-corrected chi connectivity index (χ4v) is 5.10. The van der Waals surface area contributed by atoms with Crippen LogP contribution in [0, 0.1) is 17.8 Å². The molecular weight excluding hydrogens is 320 g/mol. The van der Waals surface area contributed by atoms with Crippen molar-refractivity contribution in [3.63, 3.8) is 0 Å². The zero-order chi connectivity index (χ0) is 17.3. The van der Waals surface area contributed by atoms with Crippen molar-refractivity contribution in [1.29, 1.82) is 0 Å². The van der Waals surface area contributed by atoms with Crippen molar-refractivity contribution in [1.82, 2.24) is 4.83 Å². The van der Waals surface area contributed by atoms with Gasteiger partial charge in [0.1, 0.15) is 0 Å². The summed E-state index contributed by atoms with van der Waals surface area (Å²) in [5.74, 6) is 2.43. The number of nitrogens with one attached hydrogen (secondary N) is 1. The van der Waals surface area contributed by atoms with Crippen LogP contribution >= 0.6 is 0 Å². The molecular formula is C19H28N2O2S. The highest BCUT2D eigenvalue weighted by molar-refractivity contribution is 7.89. The molecule has 0 amide bonds. The van der Waals surface area contributed by atoms with Crippen LogP contribution in [0.5, 0.6) is 0 Å². The summed E-state index contributed by atoms with van der Waals surface area (Å²) in [5.41, 5.74) is 2.10. The second-order valence-corrected chi connectivity index (χ2v) is 9.17. The molecule has 2 bridgehead atoms. The summed E-state index contributed by atoms with van der Waals surface area (Å²) in [7, 11) is -3.58. The number of hydrogen-bond acceptors (Lipinski definition) is 3. The van der Waals surface area contributed by atoms with Gasteiger partial charge in [-0.25, -0.2) is 4.83 Å². The van der Waals surface area contributed by atoms with Gasteiger partial charge in [-0.2, -0.15) is 13.5 Å². The largest absolute Gasteiger partial charge is 0.276 e. The zero-order valence-electron chi connectivity index (χ0n) is 14.8. The molecule has 1 aromatic rings. The summed E-state index contributed by atoms with van der Waals surface area (Å²) in [4.78, 5) is 2.71. The molecule has 2 aliphatic carbocycles. The van der Waals surface area contributed by atoms with Gasteiger partial charge >= 0.3 is 0 Å². The molecule has 2 saturated carbocycles. The predicted molar refractivity (Wildman–Crippen MR) is 97.5 cm³/mol. The number of hydrogen-bond donors (Lipinski definition) is 1. The van der Waals surface area contributed by atoms with Gasteiger partial charge in [0.2, 0.25) is 0 Å². The lowest BCUT2D eigenvalue weighted by Crippen LogP contribution is -2.24. The Morgan fingerprint density at radius 2 is 1.96 bits per heavy atom. The van der Waals surface area contributed by atoms with E-state index >= 15 is 0 Å². The Morgan fingerprint density at radius 3 is 2.50 bits per heavy atom. The van der Waals surface area contributed by atoms with E-state index < -0.39 is 10.0 Å². The van der Waals surface area contributed by atoms with E-state index in [0.717, 1.165) is 23.6 Å². The second kappa shape index (κ2) is 6.87. The molecule has 1 N–H and O–H groups in total. The van der Waals surface area contributed by atoms with Gasteiger partial charge in [0.15, 0.2) is 0 Å². The molecule has 0 radical (unpaired) electrons. The normalized spacial score (nSPS) is 28.1. The quantitative estimate of drug-likeness (QED) is 0.616. The van der Waals surface area contributed by atoms with Crippen molar-refractivity contribution in [3.8, 4) is 0 Å². The molecule has 24 heavy (non-hydrogen) atoms. The second-order valence-electron chi connectivity index (χ2n) is 7.51.